The van der Waals surface area contributed by atoms with Crippen LogP contribution >= 0.6 is 22.7 Å². The Hall–Kier alpha value is -5.90. The molecule has 4 N–H and O–H groups in total. The summed E-state index contributed by atoms with van der Waals surface area (Å²) in [5.41, 5.74) is 9.42. The molecular formula is C54H68N8O9S2. The van der Waals surface area contributed by atoms with Gasteiger partial charge in [-0.05, 0) is 59.4 Å². The van der Waals surface area contributed by atoms with Gasteiger partial charge in [0.05, 0.1) is 91.9 Å². The molecule has 0 saturated carbocycles. The highest BCUT2D eigenvalue weighted by Crippen LogP contribution is 2.34. The van der Waals surface area contributed by atoms with Crippen LogP contribution in [0.1, 0.15) is 38.4 Å². The Morgan fingerprint density at radius 1 is 0.795 bits per heavy atom. The van der Waals surface area contributed by atoms with Gasteiger partial charge in [-0.15, -0.1) is 22.7 Å². The summed E-state index contributed by atoms with van der Waals surface area (Å²) in [6.07, 6.45) is 1.10. The molecule has 1 saturated heterocycles. The van der Waals surface area contributed by atoms with Crippen LogP contribution < -0.4 is 20.9 Å². The van der Waals surface area contributed by atoms with Gasteiger partial charge in [-0.2, -0.15) is 0 Å². The van der Waals surface area contributed by atoms with Crippen LogP contribution in [0.15, 0.2) is 90.6 Å². The predicted molar refractivity (Wildman–Crippen MR) is 287 cm³/mol. The van der Waals surface area contributed by atoms with Crippen molar-refractivity contribution in [2.75, 3.05) is 103 Å². The summed E-state index contributed by atoms with van der Waals surface area (Å²) in [6, 6.07) is 24.8. The monoisotopic (exact) mass is 1040 g/mol. The maximum atomic E-state index is 13.9. The van der Waals surface area contributed by atoms with Crippen molar-refractivity contribution in [3.63, 3.8) is 0 Å². The van der Waals surface area contributed by atoms with Gasteiger partial charge in [0, 0.05) is 63.2 Å². The molecule has 7 rings (SSSR count). The molecule has 19 heteroatoms. The predicted octanol–water partition coefficient (Wildman–Crippen LogP) is 6.83. The summed E-state index contributed by atoms with van der Waals surface area (Å²) >= 11 is 3.27. The van der Waals surface area contributed by atoms with Crippen LogP contribution in [-0.4, -0.2) is 154 Å². The number of rotatable bonds is 27. The molecule has 3 amide bonds. The Morgan fingerprint density at radius 3 is 2.04 bits per heavy atom. The standard InChI is InChI=1S/C54H68N8O9S2/c1-36-49(72-35-58-36)39-9-7-37(8-10-39)31-57-51(65)45-30-43(63)33-62(45)53(66)50(54(2,3)4)60-48(64)34-71-28-27-70-26-25-69-24-23-68-22-21-67-20-19-55-47-18-15-41(32-56-47)38-11-13-40(14-12-38)52-59-44-17-16-42(61(5)6)29-46(44)73-52/h7-18,29,32,35,43,45,50,63H,19-28,30-31,33-34H2,1-6H3,(H,55,56)(H,57,65)(H,60,64)/t43-,45+,50?/m0/s1. The minimum atomic E-state index is -0.959. The molecule has 73 heavy (non-hydrogen) atoms. The number of anilines is 2. The number of likely N-dealkylation sites (tertiary alicyclic amines) is 1. The number of thiazole rings is 2. The van der Waals surface area contributed by atoms with Crippen LogP contribution in [0.4, 0.5) is 11.5 Å². The van der Waals surface area contributed by atoms with E-state index in [1.165, 1.54) is 9.60 Å². The number of aryl methyl sites for hydroxylation is 1. The number of nitrogens with one attached hydrogen (secondary N) is 3. The number of amides is 3. The third kappa shape index (κ3) is 16.0. The molecule has 0 radical (unpaired) electrons. The lowest BCUT2D eigenvalue weighted by Crippen LogP contribution is -2.58. The van der Waals surface area contributed by atoms with Crippen molar-refractivity contribution in [3.05, 3.63) is 102 Å². The number of fused-ring (bicyclic) bond motifs is 1. The highest BCUT2D eigenvalue weighted by Gasteiger charge is 2.44. The molecule has 1 fully saturated rings. The molecule has 390 valence electrons. The fourth-order valence-corrected chi connectivity index (χ4v) is 9.88. The van der Waals surface area contributed by atoms with Crippen LogP contribution in [0, 0.1) is 12.3 Å². The van der Waals surface area contributed by atoms with E-state index in [-0.39, 0.29) is 45.2 Å². The summed E-state index contributed by atoms with van der Waals surface area (Å²) in [5, 5.41) is 20.6. The van der Waals surface area contributed by atoms with E-state index in [2.05, 4.69) is 79.3 Å². The SMILES string of the molecule is Cc1ncsc1-c1ccc(CNC(=O)[C@H]2C[C@H](O)CN2C(=O)C(NC(=O)COCCOCCOCCOCCOCCNc2ccc(-c3ccc(-c4nc5ccc(N(C)C)cc5s4)cc3)cn2)C(C)(C)C)cc1. The highest BCUT2D eigenvalue weighted by molar-refractivity contribution is 7.21. The van der Waals surface area contributed by atoms with Gasteiger partial charge in [-0.1, -0.05) is 69.3 Å². The Labute approximate surface area is 435 Å². The van der Waals surface area contributed by atoms with E-state index in [4.69, 9.17) is 28.7 Å². The number of nitrogens with zero attached hydrogens (tertiary/aromatic N) is 5. The van der Waals surface area contributed by atoms with Crippen molar-refractivity contribution in [1.29, 1.82) is 0 Å². The van der Waals surface area contributed by atoms with E-state index in [1.54, 1.807) is 22.7 Å². The number of β-amino-alcohol motifs (C(OH)–C–C–N with tert-alkyl or cyclic N) is 1. The molecule has 1 aliphatic rings. The van der Waals surface area contributed by atoms with Crippen LogP contribution in [0.3, 0.4) is 0 Å². The molecular weight excluding hydrogens is 969 g/mol. The van der Waals surface area contributed by atoms with Gasteiger partial charge in [0.15, 0.2) is 0 Å². The Balaban J connectivity index is 0.684. The smallest absolute Gasteiger partial charge is 0.246 e. The lowest BCUT2D eigenvalue weighted by atomic mass is 9.85. The van der Waals surface area contributed by atoms with Gasteiger partial charge in [-0.3, -0.25) is 14.4 Å². The first-order chi connectivity index (χ1) is 35.2. The number of carbonyl (C=O) groups is 3. The fraction of sp³-hybridized carbons (Fsp3) is 0.444. The minimum Gasteiger partial charge on any atom is -0.391 e. The molecule has 6 aromatic rings. The van der Waals surface area contributed by atoms with Crippen molar-refractivity contribution in [2.45, 2.75) is 58.8 Å². The summed E-state index contributed by atoms with van der Waals surface area (Å²) in [5.74, 6) is -0.508. The van der Waals surface area contributed by atoms with E-state index in [0.717, 1.165) is 60.4 Å². The zero-order chi connectivity index (χ0) is 51.7. The lowest BCUT2D eigenvalue weighted by Gasteiger charge is -2.35. The second kappa shape index (κ2) is 26.9. The van der Waals surface area contributed by atoms with Gasteiger partial charge < -0.3 is 54.5 Å². The van der Waals surface area contributed by atoms with E-state index < -0.39 is 35.4 Å². The Bertz CT molecular complexity index is 2690. The van der Waals surface area contributed by atoms with Gasteiger partial charge in [0.2, 0.25) is 17.7 Å². The molecule has 4 heterocycles. The van der Waals surface area contributed by atoms with E-state index >= 15 is 0 Å². The second-order valence-electron chi connectivity index (χ2n) is 18.9. The average Bonchev–Trinajstić information content (AvgIpc) is 4.13. The number of hydrogen-bond acceptors (Lipinski definition) is 16. The maximum Gasteiger partial charge on any atom is 0.246 e. The minimum absolute atomic E-state index is 0.0125. The van der Waals surface area contributed by atoms with E-state index in [1.807, 2.05) is 83.8 Å². The van der Waals surface area contributed by atoms with Gasteiger partial charge in [0.1, 0.15) is 29.5 Å². The van der Waals surface area contributed by atoms with E-state index in [9.17, 15) is 19.5 Å². The number of aliphatic hydroxyl groups excluding tert-OH is 1. The Morgan fingerprint density at radius 2 is 1.42 bits per heavy atom. The number of benzene rings is 3. The molecule has 3 aromatic heterocycles. The number of ether oxygens (including phenoxy) is 5. The molecule has 3 atom stereocenters. The topological polar surface area (TPSA) is 199 Å². The molecule has 3 aromatic carbocycles. The second-order valence-corrected chi connectivity index (χ2v) is 20.8. The number of hydrogen-bond donors (Lipinski definition) is 4. The van der Waals surface area contributed by atoms with Crippen molar-refractivity contribution >= 4 is 62.1 Å². The molecule has 1 aliphatic heterocycles. The molecule has 1 unspecified atom stereocenters. The average molecular weight is 1040 g/mol. The van der Waals surface area contributed by atoms with E-state index in [0.29, 0.717) is 52.8 Å². The van der Waals surface area contributed by atoms with Gasteiger partial charge >= 0.3 is 0 Å². The molecule has 0 aliphatic carbocycles. The van der Waals surface area contributed by atoms with Crippen molar-refractivity contribution < 1.29 is 43.2 Å². The van der Waals surface area contributed by atoms with Gasteiger partial charge in [0.25, 0.3) is 0 Å². The van der Waals surface area contributed by atoms with Crippen LogP contribution in [0.2, 0.25) is 0 Å². The normalized spacial score (nSPS) is 15.1. The third-order valence-corrected chi connectivity index (χ3v) is 14.1. The summed E-state index contributed by atoms with van der Waals surface area (Å²) in [6.45, 7) is 11.4. The zero-order valence-electron chi connectivity index (χ0n) is 42.6. The van der Waals surface area contributed by atoms with Crippen LogP contribution in [-0.2, 0) is 44.6 Å². The fourth-order valence-electron chi connectivity index (χ4n) is 8.07. The summed E-state index contributed by atoms with van der Waals surface area (Å²) < 4.78 is 29.1. The summed E-state index contributed by atoms with van der Waals surface area (Å²) in [4.78, 5) is 58.6. The lowest BCUT2D eigenvalue weighted by molar-refractivity contribution is -0.144. The van der Waals surface area contributed by atoms with Gasteiger partial charge in [-0.25, -0.2) is 15.0 Å². The maximum absolute atomic E-state index is 13.9. The third-order valence-electron chi connectivity index (χ3n) is 12.1. The molecule has 17 nitrogen and oxygen atoms in total. The first kappa shape index (κ1) is 54.9. The van der Waals surface area contributed by atoms with Crippen molar-refractivity contribution in [3.8, 4) is 32.1 Å². The van der Waals surface area contributed by atoms with Crippen LogP contribution in [0.25, 0.3) is 42.4 Å². The van der Waals surface area contributed by atoms with Crippen molar-refractivity contribution in [1.82, 2.24) is 30.5 Å². The largest absolute Gasteiger partial charge is 0.391 e. The molecule has 0 bridgehead atoms. The quantitative estimate of drug-likeness (QED) is 0.0392. The molecule has 0 spiro atoms. The number of carbonyl (C=O) groups excluding carboxylic acids is 3. The van der Waals surface area contributed by atoms with Crippen LogP contribution in [0.5, 0.6) is 0 Å². The number of aliphatic hydroxyl groups is 1. The zero-order valence-corrected chi connectivity index (χ0v) is 44.2. The first-order valence-corrected chi connectivity index (χ1v) is 26.3. The highest BCUT2D eigenvalue weighted by atomic mass is 32.1. The first-order valence-electron chi connectivity index (χ1n) is 24.6. The summed E-state index contributed by atoms with van der Waals surface area (Å²) in [7, 11) is 4.08. The Kier molecular flexibility index (Phi) is 20.2. The number of aromatic nitrogens is 3. The van der Waals surface area contributed by atoms with Crippen molar-refractivity contribution in [2.24, 2.45) is 5.41 Å². The number of pyridine rings is 1.